The third kappa shape index (κ3) is 3.15. The van der Waals surface area contributed by atoms with Gasteiger partial charge in [0.05, 0.1) is 21.5 Å². The van der Waals surface area contributed by atoms with E-state index in [1.54, 1.807) is 0 Å². The van der Waals surface area contributed by atoms with Gasteiger partial charge in [0.15, 0.2) is 0 Å². The molecule has 2 heterocycles. The number of hydrogen-bond donors (Lipinski definition) is 1. The smallest absolute Gasteiger partial charge is 0.137 e. The number of halogens is 1. The fourth-order valence-corrected chi connectivity index (χ4v) is 2.42. The van der Waals surface area contributed by atoms with E-state index in [9.17, 15) is 0 Å². The highest BCUT2D eigenvalue weighted by molar-refractivity contribution is 9.10. The average molecular weight is 324 g/mol. The summed E-state index contributed by atoms with van der Waals surface area (Å²) in [7, 11) is 0. The molecule has 1 atom stereocenters. The third-order valence-corrected chi connectivity index (χ3v) is 4.16. The van der Waals surface area contributed by atoms with Crippen molar-refractivity contribution in [3.63, 3.8) is 0 Å². The Hall–Kier alpha value is -1.36. The number of aryl methyl sites for hydroxylation is 3. The molecule has 2 rings (SSSR count). The molecule has 0 amide bonds. The number of rotatable bonds is 4. The van der Waals surface area contributed by atoms with E-state index < -0.39 is 0 Å². The van der Waals surface area contributed by atoms with Crippen LogP contribution in [0.15, 0.2) is 21.3 Å². The second kappa shape index (κ2) is 5.74. The lowest BCUT2D eigenvalue weighted by molar-refractivity contribution is 0.392. The number of aromatic nitrogens is 2. The van der Waals surface area contributed by atoms with Gasteiger partial charge in [-0.05, 0) is 56.1 Å². The van der Waals surface area contributed by atoms with Crippen LogP contribution in [0, 0.1) is 20.8 Å². The Morgan fingerprint density at radius 1 is 1.32 bits per heavy atom. The van der Waals surface area contributed by atoms with E-state index in [-0.39, 0.29) is 6.04 Å². The highest BCUT2D eigenvalue weighted by Crippen LogP contribution is 2.25. The van der Waals surface area contributed by atoms with Crippen molar-refractivity contribution in [3.8, 4) is 0 Å². The topological polar surface area (TPSA) is 51.0 Å². The van der Waals surface area contributed by atoms with Crippen molar-refractivity contribution in [1.29, 1.82) is 0 Å². The predicted octanol–water partition coefficient (Wildman–Crippen LogP) is 3.80. The van der Waals surface area contributed by atoms with E-state index in [0.717, 1.165) is 33.7 Å². The van der Waals surface area contributed by atoms with Gasteiger partial charge in [0.1, 0.15) is 5.76 Å². The van der Waals surface area contributed by atoms with E-state index in [1.807, 2.05) is 33.0 Å². The van der Waals surface area contributed by atoms with Crippen LogP contribution in [0.5, 0.6) is 0 Å². The molecule has 0 fully saturated rings. The Balaban J connectivity index is 2.10. The molecule has 102 valence electrons. The van der Waals surface area contributed by atoms with E-state index in [4.69, 9.17) is 4.52 Å². The summed E-state index contributed by atoms with van der Waals surface area (Å²) in [5.41, 5.74) is 4.19. The van der Waals surface area contributed by atoms with Crippen LogP contribution in [-0.2, 0) is 6.42 Å². The minimum absolute atomic E-state index is 0.287. The average Bonchev–Trinajstić information content (AvgIpc) is 2.67. The molecule has 5 heteroatoms. The lowest BCUT2D eigenvalue weighted by Crippen LogP contribution is -2.19. The summed E-state index contributed by atoms with van der Waals surface area (Å²) in [5.74, 6) is 0.899. The lowest BCUT2D eigenvalue weighted by atomic mass is 10.1. The zero-order chi connectivity index (χ0) is 14.0. The van der Waals surface area contributed by atoms with E-state index in [0.29, 0.717) is 0 Å². The van der Waals surface area contributed by atoms with Crippen molar-refractivity contribution < 1.29 is 4.52 Å². The Kier molecular flexibility index (Phi) is 4.24. The molecule has 0 aliphatic rings. The van der Waals surface area contributed by atoms with Gasteiger partial charge in [-0.25, -0.2) is 0 Å². The van der Waals surface area contributed by atoms with Crippen LogP contribution in [-0.4, -0.2) is 16.2 Å². The van der Waals surface area contributed by atoms with Gasteiger partial charge in [-0.1, -0.05) is 5.16 Å². The first-order valence-electron chi connectivity index (χ1n) is 6.28. The molecule has 0 aliphatic carbocycles. The molecule has 0 saturated carbocycles. The summed E-state index contributed by atoms with van der Waals surface area (Å²) >= 11 is 3.56. The maximum absolute atomic E-state index is 5.19. The zero-order valence-electron chi connectivity index (χ0n) is 11.6. The third-order valence-electron chi connectivity index (χ3n) is 3.16. The number of nitrogens with one attached hydrogen (secondary N) is 1. The second-order valence-corrected chi connectivity index (χ2v) is 5.60. The number of hydrogen-bond acceptors (Lipinski definition) is 4. The normalized spacial score (nSPS) is 12.5. The molecule has 19 heavy (non-hydrogen) atoms. The van der Waals surface area contributed by atoms with Gasteiger partial charge >= 0.3 is 0 Å². The van der Waals surface area contributed by atoms with Crippen LogP contribution in [0.1, 0.15) is 29.6 Å². The van der Waals surface area contributed by atoms with Crippen molar-refractivity contribution in [3.05, 3.63) is 39.4 Å². The molecule has 0 spiro atoms. The molecule has 1 unspecified atom stereocenters. The summed E-state index contributed by atoms with van der Waals surface area (Å²) in [6, 6.07) is 2.26. The molecule has 0 bridgehead atoms. The maximum atomic E-state index is 5.19. The molecule has 0 radical (unpaired) electrons. The Morgan fingerprint density at radius 3 is 2.68 bits per heavy atom. The van der Waals surface area contributed by atoms with Crippen molar-refractivity contribution >= 4 is 21.6 Å². The fourth-order valence-electron chi connectivity index (χ4n) is 2.08. The summed E-state index contributed by atoms with van der Waals surface area (Å²) in [5, 5.41) is 7.47. The molecule has 2 aromatic heterocycles. The molecule has 2 aromatic rings. The van der Waals surface area contributed by atoms with Gasteiger partial charge < -0.3 is 9.84 Å². The largest absolute Gasteiger partial charge is 0.381 e. The summed E-state index contributed by atoms with van der Waals surface area (Å²) in [6.45, 7) is 8.06. The summed E-state index contributed by atoms with van der Waals surface area (Å²) in [6.07, 6.45) is 2.69. The highest BCUT2D eigenvalue weighted by atomic mass is 79.9. The first kappa shape index (κ1) is 14.1. The van der Waals surface area contributed by atoms with E-state index >= 15 is 0 Å². The molecule has 0 aliphatic heterocycles. The number of pyridine rings is 1. The standard InChI is InChI=1S/C14H18BrN3O/c1-8(7-12-9(2)18-19-11(12)4)17-13-5-6-16-10(3)14(13)15/h5-6,8H,7H2,1-4H3,(H,16,17). The monoisotopic (exact) mass is 323 g/mol. The fraction of sp³-hybridized carbons (Fsp3) is 0.429. The Labute approximate surface area is 121 Å². The van der Waals surface area contributed by atoms with Crippen LogP contribution in [0.25, 0.3) is 0 Å². The first-order valence-corrected chi connectivity index (χ1v) is 7.07. The van der Waals surface area contributed by atoms with Crippen LogP contribution < -0.4 is 5.32 Å². The molecule has 4 nitrogen and oxygen atoms in total. The minimum atomic E-state index is 0.287. The molecule has 0 saturated heterocycles. The number of nitrogens with zero attached hydrogens (tertiary/aromatic N) is 2. The number of anilines is 1. The summed E-state index contributed by atoms with van der Waals surface area (Å²) < 4.78 is 6.21. The Bertz CT molecular complexity index is 561. The minimum Gasteiger partial charge on any atom is -0.381 e. The summed E-state index contributed by atoms with van der Waals surface area (Å²) in [4.78, 5) is 4.24. The van der Waals surface area contributed by atoms with Crippen LogP contribution in [0.3, 0.4) is 0 Å². The second-order valence-electron chi connectivity index (χ2n) is 4.81. The van der Waals surface area contributed by atoms with Crippen molar-refractivity contribution in [2.45, 2.75) is 40.2 Å². The predicted molar refractivity (Wildman–Crippen MR) is 79.4 cm³/mol. The van der Waals surface area contributed by atoms with E-state index in [1.165, 1.54) is 5.56 Å². The van der Waals surface area contributed by atoms with Gasteiger partial charge in [0.25, 0.3) is 0 Å². The molecule has 1 N–H and O–H groups in total. The van der Waals surface area contributed by atoms with Crippen LogP contribution >= 0.6 is 15.9 Å². The quantitative estimate of drug-likeness (QED) is 0.929. The van der Waals surface area contributed by atoms with Gasteiger partial charge in [-0.15, -0.1) is 0 Å². The van der Waals surface area contributed by atoms with Gasteiger partial charge in [0.2, 0.25) is 0 Å². The van der Waals surface area contributed by atoms with Crippen molar-refractivity contribution in [1.82, 2.24) is 10.1 Å². The SMILES string of the molecule is Cc1nccc(NC(C)Cc2c(C)noc2C)c1Br. The first-order chi connectivity index (χ1) is 8.99. The van der Waals surface area contributed by atoms with Gasteiger partial charge in [0, 0.05) is 17.8 Å². The van der Waals surface area contributed by atoms with Crippen molar-refractivity contribution in [2.24, 2.45) is 0 Å². The van der Waals surface area contributed by atoms with Crippen LogP contribution in [0.2, 0.25) is 0 Å². The lowest BCUT2D eigenvalue weighted by Gasteiger charge is -2.16. The molecular weight excluding hydrogens is 306 g/mol. The van der Waals surface area contributed by atoms with Crippen molar-refractivity contribution in [2.75, 3.05) is 5.32 Å². The van der Waals surface area contributed by atoms with Gasteiger partial charge in [-0.2, -0.15) is 0 Å². The Morgan fingerprint density at radius 2 is 2.05 bits per heavy atom. The molecule has 0 aromatic carbocycles. The highest BCUT2D eigenvalue weighted by Gasteiger charge is 2.14. The maximum Gasteiger partial charge on any atom is 0.137 e. The van der Waals surface area contributed by atoms with Crippen LogP contribution in [0.4, 0.5) is 5.69 Å². The molecular formula is C14H18BrN3O. The zero-order valence-corrected chi connectivity index (χ0v) is 13.2. The van der Waals surface area contributed by atoms with Gasteiger partial charge in [-0.3, -0.25) is 4.98 Å². The van der Waals surface area contributed by atoms with E-state index in [2.05, 4.69) is 38.3 Å².